The highest BCUT2D eigenvalue weighted by molar-refractivity contribution is 7.07. The van der Waals surface area contributed by atoms with Crippen LogP contribution in [0, 0.1) is 0 Å². The Kier molecular flexibility index (Phi) is 4.55. The maximum Gasteiger partial charge on any atom is 0.161 e. The summed E-state index contributed by atoms with van der Waals surface area (Å²) < 4.78 is 11.2. The topological polar surface area (TPSA) is 51.6 Å². The third-order valence-corrected chi connectivity index (χ3v) is 2.98. The van der Waals surface area contributed by atoms with E-state index in [4.69, 9.17) is 14.6 Å². The number of nitrogens with zero attached hydrogens (tertiary/aromatic N) is 1. The molecule has 0 spiro atoms. The number of aliphatic hydroxyl groups is 1. The van der Waals surface area contributed by atoms with E-state index in [2.05, 4.69) is 4.98 Å². The van der Waals surface area contributed by atoms with Gasteiger partial charge in [-0.3, -0.25) is 0 Å². The molecule has 0 bridgehead atoms. The SMILES string of the molecule is CCOc1cc(CO)ccc1OCc1cscn1. The van der Waals surface area contributed by atoms with Crippen LogP contribution in [0.4, 0.5) is 0 Å². The number of ether oxygens (including phenoxy) is 2. The zero-order valence-corrected chi connectivity index (χ0v) is 10.9. The molecule has 2 aromatic rings. The van der Waals surface area contributed by atoms with Crippen molar-refractivity contribution >= 4 is 11.3 Å². The molecule has 0 atom stereocenters. The average Bonchev–Trinajstić information content (AvgIpc) is 2.90. The second-order valence-electron chi connectivity index (χ2n) is 3.64. The average molecular weight is 265 g/mol. The fraction of sp³-hybridized carbons (Fsp3) is 0.308. The Morgan fingerprint density at radius 1 is 1.28 bits per heavy atom. The van der Waals surface area contributed by atoms with Crippen molar-refractivity contribution in [2.75, 3.05) is 6.61 Å². The van der Waals surface area contributed by atoms with Crippen molar-refractivity contribution in [1.82, 2.24) is 4.98 Å². The lowest BCUT2D eigenvalue weighted by Gasteiger charge is -2.12. The van der Waals surface area contributed by atoms with Gasteiger partial charge in [0.15, 0.2) is 11.5 Å². The number of hydrogen-bond donors (Lipinski definition) is 1. The van der Waals surface area contributed by atoms with Crippen LogP contribution in [0.2, 0.25) is 0 Å². The smallest absolute Gasteiger partial charge is 0.161 e. The van der Waals surface area contributed by atoms with Crippen LogP contribution < -0.4 is 9.47 Å². The summed E-state index contributed by atoms with van der Waals surface area (Å²) >= 11 is 1.54. The van der Waals surface area contributed by atoms with Crippen molar-refractivity contribution in [2.24, 2.45) is 0 Å². The molecule has 2 rings (SSSR count). The van der Waals surface area contributed by atoms with Gasteiger partial charge in [-0.25, -0.2) is 4.98 Å². The quantitative estimate of drug-likeness (QED) is 0.872. The lowest BCUT2D eigenvalue weighted by molar-refractivity contribution is 0.262. The number of rotatable bonds is 6. The van der Waals surface area contributed by atoms with Crippen LogP contribution in [0.15, 0.2) is 29.1 Å². The van der Waals surface area contributed by atoms with Gasteiger partial charge in [0, 0.05) is 5.38 Å². The summed E-state index contributed by atoms with van der Waals surface area (Å²) in [6.07, 6.45) is 0. The first-order valence-corrected chi connectivity index (χ1v) is 6.64. The molecular formula is C13H15NO3S. The molecule has 1 aromatic heterocycles. The minimum atomic E-state index is -0.00750. The van der Waals surface area contributed by atoms with Crippen molar-refractivity contribution in [3.05, 3.63) is 40.3 Å². The molecule has 4 nitrogen and oxygen atoms in total. The molecule has 0 aliphatic carbocycles. The molecule has 0 amide bonds. The zero-order chi connectivity index (χ0) is 12.8. The van der Waals surface area contributed by atoms with Gasteiger partial charge < -0.3 is 14.6 Å². The lowest BCUT2D eigenvalue weighted by Crippen LogP contribution is -2.00. The number of benzene rings is 1. The zero-order valence-electron chi connectivity index (χ0n) is 10.1. The second kappa shape index (κ2) is 6.37. The molecule has 96 valence electrons. The van der Waals surface area contributed by atoms with Gasteiger partial charge in [-0.15, -0.1) is 11.3 Å². The molecule has 0 saturated carbocycles. The van der Waals surface area contributed by atoms with Gasteiger partial charge in [-0.05, 0) is 24.6 Å². The standard InChI is InChI=1S/C13H15NO3S/c1-2-16-13-5-10(6-15)3-4-12(13)17-7-11-8-18-9-14-11/h3-5,8-9,15H,2,6-7H2,1H3. The molecule has 0 aliphatic heterocycles. The number of aliphatic hydroxyl groups excluding tert-OH is 1. The highest BCUT2D eigenvalue weighted by Gasteiger charge is 2.07. The third kappa shape index (κ3) is 3.21. The monoisotopic (exact) mass is 265 g/mol. The summed E-state index contributed by atoms with van der Waals surface area (Å²) in [4.78, 5) is 4.15. The van der Waals surface area contributed by atoms with Crippen LogP contribution in [-0.4, -0.2) is 16.7 Å². The maximum absolute atomic E-state index is 9.10. The van der Waals surface area contributed by atoms with Gasteiger partial charge in [-0.1, -0.05) is 6.07 Å². The molecule has 1 aromatic carbocycles. The first-order chi connectivity index (χ1) is 8.83. The Bertz CT molecular complexity index is 485. The Labute approximate surface area is 110 Å². The van der Waals surface area contributed by atoms with E-state index in [1.54, 1.807) is 11.6 Å². The van der Waals surface area contributed by atoms with E-state index in [0.717, 1.165) is 11.3 Å². The first-order valence-electron chi connectivity index (χ1n) is 5.70. The molecule has 1 heterocycles. The summed E-state index contributed by atoms with van der Waals surface area (Å²) in [5.41, 5.74) is 3.48. The number of hydrogen-bond acceptors (Lipinski definition) is 5. The van der Waals surface area contributed by atoms with Crippen molar-refractivity contribution in [2.45, 2.75) is 20.1 Å². The Balaban J connectivity index is 2.10. The van der Waals surface area contributed by atoms with E-state index >= 15 is 0 Å². The molecule has 0 saturated heterocycles. The maximum atomic E-state index is 9.10. The molecular weight excluding hydrogens is 250 g/mol. The third-order valence-electron chi connectivity index (χ3n) is 2.35. The van der Waals surface area contributed by atoms with Crippen LogP contribution in [-0.2, 0) is 13.2 Å². The summed E-state index contributed by atoms with van der Waals surface area (Å²) in [6.45, 7) is 2.88. The van der Waals surface area contributed by atoms with Crippen molar-refractivity contribution in [3.8, 4) is 11.5 Å². The van der Waals surface area contributed by atoms with Gasteiger partial charge >= 0.3 is 0 Å². The summed E-state index contributed by atoms with van der Waals surface area (Å²) in [7, 11) is 0. The van der Waals surface area contributed by atoms with E-state index in [-0.39, 0.29) is 6.61 Å². The van der Waals surface area contributed by atoms with E-state index < -0.39 is 0 Å². The predicted molar refractivity (Wildman–Crippen MR) is 70.0 cm³/mol. The van der Waals surface area contributed by atoms with E-state index in [9.17, 15) is 0 Å². The normalized spacial score (nSPS) is 10.3. The highest BCUT2D eigenvalue weighted by Crippen LogP contribution is 2.29. The molecule has 18 heavy (non-hydrogen) atoms. The Morgan fingerprint density at radius 2 is 2.17 bits per heavy atom. The number of thiazole rings is 1. The summed E-state index contributed by atoms with van der Waals surface area (Å²) in [5.74, 6) is 1.32. The molecule has 0 aliphatic rings. The molecule has 0 fully saturated rings. The predicted octanol–water partition coefficient (Wildman–Crippen LogP) is 2.61. The molecule has 0 unspecified atom stereocenters. The Morgan fingerprint density at radius 3 is 2.83 bits per heavy atom. The fourth-order valence-corrected chi connectivity index (χ4v) is 2.04. The summed E-state index contributed by atoms with van der Waals surface area (Å²) in [6, 6.07) is 5.42. The van der Waals surface area contributed by atoms with Crippen molar-refractivity contribution < 1.29 is 14.6 Å². The van der Waals surface area contributed by atoms with Gasteiger partial charge in [0.2, 0.25) is 0 Å². The van der Waals surface area contributed by atoms with Crippen molar-refractivity contribution in [1.29, 1.82) is 0 Å². The van der Waals surface area contributed by atoms with Crippen LogP contribution in [0.25, 0.3) is 0 Å². The van der Waals surface area contributed by atoms with Gasteiger partial charge in [0.05, 0.1) is 24.4 Å². The van der Waals surface area contributed by atoms with Crippen LogP contribution in [0.3, 0.4) is 0 Å². The molecule has 5 heteroatoms. The first kappa shape index (κ1) is 12.9. The van der Waals surface area contributed by atoms with Gasteiger partial charge in [-0.2, -0.15) is 0 Å². The van der Waals surface area contributed by atoms with Crippen LogP contribution in [0.1, 0.15) is 18.2 Å². The van der Waals surface area contributed by atoms with E-state index in [1.165, 1.54) is 11.3 Å². The number of aromatic nitrogens is 1. The summed E-state index contributed by atoms with van der Waals surface area (Å²) in [5, 5.41) is 11.0. The molecule has 1 N–H and O–H groups in total. The second-order valence-corrected chi connectivity index (χ2v) is 4.36. The molecule has 0 radical (unpaired) electrons. The fourth-order valence-electron chi connectivity index (χ4n) is 1.50. The largest absolute Gasteiger partial charge is 0.490 e. The van der Waals surface area contributed by atoms with Gasteiger partial charge in [0.1, 0.15) is 6.61 Å². The minimum Gasteiger partial charge on any atom is -0.490 e. The minimum absolute atomic E-state index is 0.00750. The van der Waals surface area contributed by atoms with Crippen LogP contribution >= 0.6 is 11.3 Å². The van der Waals surface area contributed by atoms with E-state index in [0.29, 0.717) is 24.7 Å². The van der Waals surface area contributed by atoms with Gasteiger partial charge in [0.25, 0.3) is 0 Å². The van der Waals surface area contributed by atoms with Crippen LogP contribution in [0.5, 0.6) is 11.5 Å². The van der Waals surface area contributed by atoms with E-state index in [1.807, 2.05) is 24.4 Å². The van der Waals surface area contributed by atoms with Crippen molar-refractivity contribution in [3.63, 3.8) is 0 Å². The highest BCUT2D eigenvalue weighted by atomic mass is 32.1. The lowest BCUT2D eigenvalue weighted by atomic mass is 10.2. The Hall–Kier alpha value is -1.59.